The van der Waals surface area contributed by atoms with Crippen LogP contribution in [0.3, 0.4) is 0 Å². The zero-order valence-electron chi connectivity index (χ0n) is 11.5. The molecular weight excluding hydrogens is 282 g/mol. The minimum absolute atomic E-state index is 0.0511. The van der Waals surface area contributed by atoms with Gasteiger partial charge in [-0.1, -0.05) is 36.4 Å². The van der Waals surface area contributed by atoms with Crippen molar-refractivity contribution in [2.45, 2.75) is 13.0 Å². The van der Waals surface area contributed by atoms with Crippen molar-refractivity contribution in [2.75, 3.05) is 0 Å². The van der Waals surface area contributed by atoms with Crippen LogP contribution in [0.15, 0.2) is 54.0 Å². The zero-order valence-corrected chi connectivity index (χ0v) is 12.4. The number of aromatic nitrogens is 2. The number of hydrogen-bond acceptors (Lipinski definition) is 3. The second-order valence-corrected chi connectivity index (χ2v) is 5.69. The van der Waals surface area contributed by atoms with E-state index in [1.54, 1.807) is 17.5 Å². The van der Waals surface area contributed by atoms with Crippen molar-refractivity contribution in [3.8, 4) is 10.6 Å². The maximum absolute atomic E-state index is 12.4. The number of nitrogens with zero attached hydrogens (tertiary/aromatic N) is 1. The Bertz CT molecular complexity index is 719. The number of carbonyl (C=O) groups is 1. The Hall–Kier alpha value is -2.40. The van der Waals surface area contributed by atoms with Gasteiger partial charge in [-0.3, -0.25) is 9.89 Å². The molecule has 0 fully saturated rings. The Morgan fingerprint density at radius 3 is 2.76 bits per heavy atom. The van der Waals surface area contributed by atoms with Crippen LogP contribution in [-0.4, -0.2) is 16.1 Å². The molecule has 3 aromatic rings. The third kappa shape index (κ3) is 2.87. The molecule has 2 aromatic heterocycles. The summed E-state index contributed by atoms with van der Waals surface area (Å²) in [5, 5.41) is 11.9. The molecule has 2 heterocycles. The van der Waals surface area contributed by atoms with Gasteiger partial charge < -0.3 is 5.32 Å². The number of aromatic amines is 1. The number of rotatable bonds is 4. The van der Waals surface area contributed by atoms with E-state index in [0.29, 0.717) is 5.56 Å². The maximum Gasteiger partial charge on any atom is 0.255 e. The summed E-state index contributed by atoms with van der Waals surface area (Å²) in [6, 6.07) is 13.8. The minimum Gasteiger partial charge on any atom is -0.345 e. The summed E-state index contributed by atoms with van der Waals surface area (Å²) < 4.78 is 0. The summed E-state index contributed by atoms with van der Waals surface area (Å²) in [4.78, 5) is 13.4. The van der Waals surface area contributed by atoms with Crippen molar-refractivity contribution < 1.29 is 4.79 Å². The van der Waals surface area contributed by atoms with Crippen LogP contribution >= 0.6 is 11.3 Å². The Morgan fingerprint density at radius 2 is 2.05 bits per heavy atom. The average molecular weight is 297 g/mol. The highest BCUT2D eigenvalue weighted by Gasteiger charge is 2.18. The fourth-order valence-corrected chi connectivity index (χ4v) is 2.90. The summed E-state index contributed by atoms with van der Waals surface area (Å²) >= 11 is 1.58. The van der Waals surface area contributed by atoms with Crippen LogP contribution in [0.2, 0.25) is 0 Å². The number of H-pyrrole nitrogens is 1. The van der Waals surface area contributed by atoms with E-state index in [0.717, 1.165) is 16.1 Å². The number of amides is 1. The predicted octanol–water partition coefficient (Wildman–Crippen LogP) is 3.63. The molecule has 0 unspecified atom stereocenters. The van der Waals surface area contributed by atoms with Crippen molar-refractivity contribution in [2.24, 2.45) is 0 Å². The van der Waals surface area contributed by atoms with Crippen molar-refractivity contribution in [3.63, 3.8) is 0 Å². The summed E-state index contributed by atoms with van der Waals surface area (Å²) in [6.45, 7) is 1.97. The lowest BCUT2D eigenvalue weighted by atomic mass is 10.1. The van der Waals surface area contributed by atoms with Crippen LogP contribution in [-0.2, 0) is 0 Å². The molecule has 0 aliphatic carbocycles. The first kappa shape index (κ1) is 13.6. The summed E-state index contributed by atoms with van der Waals surface area (Å²) in [6.07, 6.45) is 1.57. The molecule has 0 spiro atoms. The summed E-state index contributed by atoms with van der Waals surface area (Å²) in [5.74, 6) is -0.122. The van der Waals surface area contributed by atoms with Crippen LogP contribution in [0.1, 0.15) is 28.9 Å². The van der Waals surface area contributed by atoms with Gasteiger partial charge in [0.15, 0.2) is 0 Å². The topological polar surface area (TPSA) is 57.8 Å². The third-order valence-corrected chi connectivity index (χ3v) is 4.19. The number of benzene rings is 1. The molecular formula is C16H15N3OS. The first-order valence-electron chi connectivity index (χ1n) is 6.69. The van der Waals surface area contributed by atoms with Gasteiger partial charge in [-0.15, -0.1) is 11.3 Å². The fourth-order valence-electron chi connectivity index (χ4n) is 2.17. The lowest BCUT2D eigenvalue weighted by Gasteiger charge is -2.14. The molecule has 0 radical (unpaired) electrons. The van der Waals surface area contributed by atoms with E-state index < -0.39 is 0 Å². The number of thiophene rings is 1. The summed E-state index contributed by atoms with van der Waals surface area (Å²) in [7, 11) is 0. The van der Waals surface area contributed by atoms with Crippen LogP contribution < -0.4 is 5.32 Å². The molecule has 1 atom stereocenters. The van der Waals surface area contributed by atoms with Crippen LogP contribution in [0.5, 0.6) is 0 Å². The molecule has 0 aliphatic heterocycles. The number of nitrogens with one attached hydrogen (secondary N) is 2. The maximum atomic E-state index is 12.4. The number of hydrogen-bond donors (Lipinski definition) is 2. The molecule has 4 nitrogen and oxygen atoms in total. The molecule has 3 rings (SSSR count). The highest BCUT2D eigenvalue weighted by molar-refractivity contribution is 7.13. The van der Waals surface area contributed by atoms with Gasteiger partial charge in [0.2, 0.25) is 0 Å². The highest BCUT2D eigenvalue weighted by atomic mass is 32.1. The normalized spacial score (nSPS) is 12.0. The van der Waals surface area contributed by atoms with Gasteiger partial charge in [-0.25, -0.2) is 0 Å². The largest absolute Gasteiger partial charge is 0.345 e. The molecule has 106 valence electrons. The minimum atomic E-state index is -0.122. The van der Waals surface area contributed by atoms with Crippen molar-refractivity contribution in [3.05, 3.63) is 65.2 Å². The lowest BCUT2D eigenvalue weighted by Crippen LogP contribution is -2.26. The van der Waals surface area contributed by atoms with Crippen LogP contribution in [0, 0.1) is 0 Å². The van der Waals surface area contributed by atoms with Gasteiger partial charge in [0, 0.05) is 0 Å². The molecule has 0 bridgehead atoms. The molecule has 0 saturated carbocycles. The molecule has 0 aliphatic rings. The predicted molar refractivity (Wildman–Crippen MR) is 84.2 cm³/mol. The Kier molecular flexibility index (Phi) is 3.83. The smallest absolute Gasteiger partial charge is 0.255 e. The van der Waals surface area contributed by atoms with E-state index in [1.165, 1.54) is 0 Å². The van der Waals surface area contributed by atoms with E-state index >= 15 is 0 Å². The zero-order chi connectivity index (χ0) is 14.7. The first-order chi connectivity index (χ1) is 10.3. The van der Waals surface area contributed by atoms with E-state index in [9.17, 15) is 4.79 Å². The Balaban J connectivity index is 1.79. The van der Waals surface area contributed by atoms with Gasteiger partial charge in [0.1, 0.15) is 0 Å². The first-order valence-corrected chi connectivity index (χ1v) is 7.56. The monoisotopic (exact) mass is 297 g/mol. The van der Waals surface area contributed by atoms with Gasteiger partial charge in [-0.05, 0) is 23.9 Å². The second-order valence-electron chi connectivity index (χ2n) is 4.74. The van der Waals surface area contributed by atoms with Crippen molar-refractivity contribution in [1.82, 2.24) is 15.5 Å². The SMILES string of the molecule is C[C@H](NC(=O)c1cn[nH]c1-c1cccs1)c1ccccc1. The van der Waals surface area contributed by atoms with Crippen molar-refractivity contribution >= 4 is 17.2 Å². The van der Waals surface area contributed by atoms with E-state index in [1.807, 2.05) is 54.8 Å². The molecule has 21 heavy (non-hydrogen) atoms. The summed E-state index contributed by atoms with van der Waals surface area (Å²) in [5.41, 5.74) is 2.41. The molecule has 1 aromatic carbocycles. The molecule has 5 heteroatoms. The van der Waals surface area contributed by atoms with E-state index in [4.69, 9.17) is 0 Å². The van der Waals surface area contributed by atoms with E-state index in [2.05, 4.69) is 15.5 Å². The number of carbonyl (C=O) groups excluding carboxylic acids is 1. The highest BCUT2D eigenvalue weighted by Crippen LogP contribution is 2.26. The van der Waals surface area contributed by atoms with Crippen LogP contribution in [0.25, 0.3) is 10.6 Å². The standard InChI is InChI=1S/C16H15N3OS/c1-11(12-6-3-2-4-7-12)18-16(20)13-10-17-19-15(13)14-8-5-9-21-14/h2-11H,1H3,(H,17,19)(H,18,20)/t11-/m0/s1. The van der Waals surface area contributed by atoms with Gasteiger partial charge in [0.05, 0.1) is 28.4 Å². The van der Waals surface area contributed by atoms with Gasteiger partial charge >= 0.3 is 0 Å². The lowest BCUT2D eigenvalue weighted by molar-refractivity contribution is 0.0940. The Morgan fingerprint density at radius 1 is 1.24 bits per heavy atom. The fraction of sp³-hybridized carbons (Fsp3) is 0.125. The van der Waals surface area contributed by atoms with Crippen LogP contribution in [0.4, 0.5) is 0 Å². The van der Waals surface area contributed by atoms with Gasteiger partial charge in [0.25, 0.3) is 5.91 Å². The third-order valence-electron chi connectivity index (χ3n) is 3.30. The molecule has 0 saturated heterocycles. The average Bonchev–Trinajstić information content (AvgIpc) is 3.18. The van der Waals surface area contributed by atoms with E-state index in [-0.39, 0.29) is 11.9 Å². The van der Waals surface area contributed by atoms with Gasteiger partial charge in [-0.2, -0.15) is 5.10 Å². The molecule has 2 N–H and O–H groups in total. The Labute approximate surface area is 126 Å². The van der Waals surface area contributed by atoms with Crippen molar-refractivity contribution in [1.29, 1.82) is 0 Å². The quantitative estimate of drug-likeness (QED) is 0.772. The molecule has 1 amide bonds. The second kappa shape index (κ2) is 5.93.